The third-order valence-electron chi connectivity index (χ3n) is 6.46. The van der Waals surface area contributed by atoms with Crippen molar-refractivity contribution in [3.05, 3.63) is 60.4 Å². The van der Waals surface area contributed by atoms with Crippen LogP contribution in [0, 0.1) is 6.92 Å². The average Bonchev–Trinajstić information content (AvgIpc) is 3.19. The first-order valence-electron chi connectivity index (χ1n) is 11.3. The van der Waals surface area contributed by atoms with E-state index in [4.69, 9.17) is 9.47 Å². The molecule has 34 heavy (non-hydrogen) atoms. The molecule has 1 aromatic heterocycles. The van der Waals surface area contributed by atoms with Crippen LogP contribution in [0.2, 0.25) is 0 Å². The van der Waals surface area contributed by atoms with E-state index in [1.165, 1.54) is 0 Å². The Balaban J connectivity index is 0.00000274. The fourth-order valence-electron chi connectivity index (χ4n) is 4.59. The summed E-state index contributed by atoms with van der Waals surface area (Å²) >= 11 is 0. The Morgan fingerprint density at radius 3 is 2.47 bits per heavy atom. The molecular weight excluding hydrogens is 462 g/mol. The van der Waals surface area contributed by atoms with E-state index in [-0.39, 0.29) is 24.4 Å². The van der Waals surface area contributed by atoms with E-state index in [0.29, 0.717) is 25.9 Å². The minimum absolute atomic E-state index is 0. The van der Waals surface area contributed by atoms with E-state index in [0.717, 1.165) is 33.3 Å². The molecule has 3 aromatic rings. The molecule has 0 spiro atoms. The molecule has 2 aliphatic rings. The summed E-state index contributed by atoms with van der Waals surface area (Å²) in [6.07, 6.45) is 1.58. The molecule has 0 aliphatic carbocycles. The van der Waals surface area contributed by atoms with Gasteiger partial charge in [-0.05, 0) is 47.7 Å². The molecule has 5 rings (SSSR count). The molecule has 2 aromatic carbocycles. The highest BCUT2D eigenvalue weighted by Crippen LogP contribution is 2.31. The van der Waals surface area contributed by atoms with Gasteiger partial charge < -0.3 is 14.4 Å². The van der Waals surface area contributed by atoms with Crippen LogP contribution < -0.4 is 4.74 Å². The van der Waals surface area contributed by atoms with Gasteiger partial charge in [0.05, 0.1) is 0 Å². The maximum atomic E-state index is 13.3. The fraction of sp³-hybridized carbons (Fsp3) is 0.385. The first-order chi connectivity index (χ1) is 15.9. The molecule has 0 bridgehead atoms. The van der Waals surface area contributed by atoms with Gasteiger partial charge in [0.25, 0.3) is 11.8 Å². The van der Waals surface area contributed by atoms with Crippen LogP contribution in [0.15, 0.2) is 54.7 Å². The summed E-state index contributed by atoms with van der Waals surface area (Å²) in [5.41, 5.74) is 3.25. The summed E-state index contributed by atoms with van der Waals surface area (Å²) in [6, 6.07) is 16.4. The fourth-order valence-corrected chi connectivity index (χ4v) is 4.59. The number of carbonyl (C=O) groups is 1. The van der Waals surface area contributed by atoms with Crippen LogP contribution in [-0.4, -0.2) is 53.6 Å². The molecular formula is C26H27ClF2N2O3. The third-order valence-corrected chi connectivity index (χ3v) is 6.46. The van der Waals surface area contributed by atoms with E-state index in [9.17, 15) is 13.6 Å². The SMILES string of the molecule is Cc1nccc2cc(-c3ccc(OC4CCN(C(=O)C5CC(F)(F)CO5)CC4)cc3)ccc12.Cl. The molecule has 8 heteroatoms. The number of hydrogen-bond donors (Lipinski definition) is 0. The van der Waals surface area contributed by atoms with Crippen molar-refractivity contribution in [2.24, 2.45) is 0 Å². The predicted molar refractivity (Wildman–Crippen MR) is 129 cm³/mol. The summed E-state index contributed by atoms with van der Waals surface area (Å²) in [4.78, 5) is 18.4. The maximum Gasteiger partial charge on any atom is 0.274 e. The summed E-state index contributed by atoms with van der Waals surface area (Å²) in [6.45, 7) is 2.31. The van der Waals surface area contributed by atoms with Gasteiger partial charge in [-0.3, -0.25) is 9.78 Å². The number of amides is 1. The van der Waals surface area contributed by atoms with Gasteiger partial charge in [0.2, 0.25) is 0 Å². The second-order valence-electron chi connectivity index (χ2n) is 8.86. The van der Waals surface area contributed by atoms with Gasteiger partial charge >= 0.3 is 0 Å². The molecule has 0 N–H and O–H groups in total. The van der Waals surface area contributed by atoms with Crippen LogP contribution in [0.1, 0.15) is 25.0 Å². The normalized spacial score (nSPS) is 20.2. The first-order valence-corrected chi connectivity index (χ1v) is 11.3. The topological polar surface area (TPSA) is 51.7 Å². The van der Waals surface area contributed by atoms with Crippen LogP contribution in [0.5, 0.6) is 5.75 Å². The maximum absolute atomic E-state index is 13.3. The van der Waals surface area contributed by atoms with E-state index in [1.807, 2.05) is 43.5 Å². The lowest BCUT2D eigenvalue weighted by molar-refractivity contribution is -0.142. The third kappa shape index (κ3) is 5.15. The van der Waals surface area contributed by atoms with Crippen LogP contribution >= 0.6 is 12.4 Å². The molecule has 0 saturated carbocycles. The zero-order valence-corrected chi connectivity index (χ0v) is 19.7. The van der Waals surface area contributed by atoms with Crippen molar-refractivity contribution in [2.75, 3.05) is 19.7 Å². The number of alkyl halides is 2. The highest BCUT2D eigenvalue weighted by atomic mass is 35.5. The number of piperidine rings is 1. The Kier molecular flexibility index (Phi) is 7.05. The second kappa shape index (κ2) is 9.84. The van der Waals surface area contributed by atoms with Crippen molar-refractivity contribution in [1.82, 2.24) is 9.88 Å². The van der Waals surface area contributed by atoms with Gasteiger partial charge in [0.1, 0.15) is 24.6 Å². The number of likely N-dealkylation sites (tertiary alicyclic amines) is 1. The van der Waals surface area contributed by atoms with Crippen LogP contribution in [0.4, 0.5) is 8.78 Å². The van der Waals surface area contributed by atoms with Gasteiger partial charge in [-0.2, -0.15) is 0 Å². The number of rotatable bonds is 4. The lowest BCUT2D eigenvalue weighted by atomic mass is 10.0. The Hall–Kier alpha value is -2.77. The minimum atomic E-state index is -2.91. The first kappa shape index (κ1) is 24.4. The number of aryl methyl sites for hydroxylation is 1. The van der Waals surface area contributed by atoms with Gasteiger partial charge in [-0.25, -0.2) is 8.78 Å². The molecule has 1 atom stereocenters. The number of hydrogen-bond acceptors (Lipinski definition) is 4. The number of nitrogens with zero attached hydrogens (tertiary/aromatic N) is 2. The summed E-state index contributed by atoms with van der Waals surface area (Å²) in [5, 5.41) is 2.31. The Morgan fingerprint density at radius 1 is 1.09 bits per heavy atom. The molecule has 5 nitrogen and oxygen atoms in total. The van der Waals surface area contributed by atoms with E-state index in [1.54, 1.807) is 4.90 Å². The van der Waals surface area contributed by atoms with Crippen LogP contribution in [0.3, 0.4) is 0 Å². The van der Waals surface area contributed by atoms with E-state index >= 15 is 0 Å². The highest BCUT2D eigenvalue weighted by molar-refractivity contribution is 5.88. The number of aromatic nitrogens is 1. The molecule has 180 valence electrons. The molecule has 2 aliphatic heterocycles. The number of benzene rings is 2. The predicted octanol–water partition coefficient (Wildman–Crippen LogP) is 5.43. The second-order valence-corrected chi connectivity index (χ2v) is 8.86. The standard InChI is InChI=1S/C26H26F2N2O3.ClH/c1-17-23-7-4-19(14-20(23)8-11-29-17)18-2-5-21(6-3-18)33-22-9-12-30(13-10-22)25(31)24-15-26(27,28)16-32-24;/h2-8,11,14,22,24H,9-10,12-13,15-16H2,1H3;1H. The van der Waals surface area contributed by atoms with Gasteiger partial charge in [0, 0.05) is 49.6 Å². The lowest BCUT2D eigenvalue weighted by Crippen LogP contribution is -2.46. The Labute approximate surface area is 203 Å². The van der Waals surface area contributed by atoms with E-state index < -0.39 is 25.1 Å². The minimum Gasteiger partial charge on any atom is -0.490 e. The molecule has 2 fully saturated rings. The number of pyridine rings is 1. The van der Waals surface area contributed by atoms with Gasteiger partial charge in [0.15, 0.2) is 0 Å². The van der Waals surface area contributed by atoms with Crippen molar-refractivity contribution >= 4 is 29.1 Å². The molecule has 3 heterocycles. The quantitative estimate of drug-likeness (QED) is 0.491. The van der Waals surface area contributed by atoms with Crippen molar-refractivity contribution in [3.8, 4) is 16.9 Å². The summed E-state index contributed by atoms with van der Waals surface area (Å²) < 4.78 is 37.8. The summed E-state index contributed by atoms with van der Waals surface area (Å²) in [5.74, 6) is -2.46. The lowest BCUT2D eigenvalue weighted by Gasteiger charge is -2.33. The number of fused-ring (bicyclic) bond motifs is 1. The highest BCUT2D eigenvalue weighted by Gasteiger charge is 2.45. The number of carbonyl (C=O) groups excluding carboxylic acids is 1. The van der Waals surface area contributed by atoms with Crippen molar-refractivity contribution in [1.29, 1.82) is 0 Å². The average molecular weight is 489 g/mol. The van der Waals surface area contributed by atoms with Gasteiger partial charge in [-0.1, -0.05) is 24.3 Å². The van der Waals surface area contributed by atoms with Crippen molar-refractivity contribution in [3.63, 3.8) is 0 Å². The number of ether oxygens (including phenoxy) is 2. The molecule has 1 unspecified atom stereocenters. The zero-order chi connectivity index (χ0) is 23.0. The largest absolute Gasteiger partial charge is 0.490 e. The molecule has 0 radical (unpaired) electrons. The Bertz CT molecular complexity index is 1160. The van der Waals surface area contributed by atoms with E-state index in [2.05, 4.69) is 23.2 Å². The van der Waals surface area contributed by atoms with Crippen molar-refractivity contribution in [2.45, 2.75) is 44.3 Å². The molecule has 1 amide bonds. The summed E-state index contributed by atoms with van der Waals surface area (Å²) in [7, 11) is 0. The smallest absolute Gasteiger partial charge is 0.274 e. The zero-order valence-electron chi connectivity index (χ0n) is 18.9. The van der Waals surface area contributed by atoms with Crippen molar-refractivity contribution < 1.29 is 23.0 Å². The molecule has 2 saturated heterocycles. The van der Waals surface area contributed by atoms with Gasteiger partial charge in [-0.15, -0.1) is 12.4 Å². The van der Waals surface area contributed by atoms with Crippen LogP contribution in [0.25, 0.3) is 21.9 Å². The number of halogens is 3. The van der Waals surface area contributed by atoms with Crippen LogP contribution in [-0.2, 0) is 9.53 Å². The Morgan fingerprint density at radius 2 is 1.79 bits per heavy atom. The monoisotopic (exact) mass is 488 g/mol.